The molecule has 3 nitrogen and oxygen atoms in total. The van der Waals surface area contributed by atoms with Crippen molar-refractivity contribution >= 4 is 11.6 Å². The van der Waals surface area contributed by atoms with Gasteiger partial charge in [0, 0.05) is 5.56 Å². The average molecular weight is 298 g/mol. The minimum Gasteiger partial charge on any atom is -0.230 e. The molecule has 3 aromatic rings. The van der Waals surface area contributed by atoms with E-state index in [0.717, 1.165) is 5.56 Å². The number of rotatable bonds is 2. The van der Waals surface area contributed by atoms with Crippen LogP contribution in [-0.4, -0.2) is 9.78 Å². The second kappa shape index (κ2) is 5.39. The number of halogens is 2. The van der Waals surface area contributed by atoms with E-state index >= 15 is 0 Å². The van der Waals surface area contributed by atoms with Crippen molar-refractivity contribution in [3.8, 4) is 23.0 Å². The summed E-state index contributed by atoms with van der Waals surface area (Å²) < 4.78 is 14.6. The summed E-state index contributed by atoms with van der Waals surface area (Å²) in [5, 5.41) is 13.6. The van der Waals surface area contributed by atoms with E-state index in [-0.39, 0.29) is 16.5 Å². The molecule has 1 heterocycles. The second-order valence-electron chi connectivity index (χ2n) is 4.38. The van der Waals surface area contributed by atoms with Crippen molar-refractivity contribution in [1.82, 2.24) is 9.78 Å². The number of nitriles is 1. The normalized spacial score (nSPS) is 10.3. The molecular weight excluding hydrogens is 289 g/mol. The van der Waals surface area contributed by atoms with E-state index in [2.05, 4.69) is 5.10 Å². The van der Waals surface area contributed by atoms with E-state index in [1.54, 1.807) is 16.8 Å². The fourth-order valence-electron chi connectivity index (χ4n) is 2.08. The average Bonchev–Trinajstić information content (AvgIpc) is 2.85. The lowest BCUT2D eigenvalue weighted by molar-refractivity contribution is 0.627. The Morgan fingerprint density at radius 1 is 1.05 bits per heavy atom. The van der Waals surface area contributed by atoms with E-state index in [1.807, 2.05) is 36.4 Å². The zero-order valence-electron chi connectivity index (χ0n) is 10.8. The molecule has 21 heavy (non-hydrogen) atoms. The van der Waals surface area contributed by atoms with Crippen LogP contribution < -0.4 is 0 Å². The molecule has 0 aliphatic carbocycles. The highest BCUT2D eigenvalue weighted by molar-refractivity contribution is 6.34. The summed E-state index contributed by atoms with van der Waals surface area (Å²) in [6.45, 7) is 0. The monoisotopic (exact) mass is 297 g/mol. The maximum Gasteiger partial charge on any atom is 0.182 e. The molecule has 1 aromatic heterocycles. The third-order valence-electron chi connectivity index (χ3n) is 3.05. The van der Waals surface area contributed by atoms with Crippen molar-refractivity contribution < 1.29 is 4.39 Å². The van der Waals surface area contributed by atoms with Gasteiger partial charge >= 0.3 is 0 Å². The van der Waals surface area contributed by atoms with Gasteiger partial charge in [0.05, 0.1) is 11.4 Å². The highest BCUT2D eigenvalue weighted by Gasteiger charge is 2.18. The van der Waals surface area contributed by atoms with E-state index < -0.39 is 0 Å². The second-order valence-corrected chi connectivity index (χ2v) is 4.76. The Kier molecular flexibility index (Phi) is 3.43. The van der Waals surface area contributed by atoms with Crippen molar-refractivity contribution in [3.05, 3.63) is 71.1 Å². The quantitative estimate of drug-likeness (QED) is 0.711. The first kappa shape index (κ1) is 13.3. The van der Waals surface area contributed by atoms with Gasteiger partial charge in [0.25, 0.3) is 0 Å². The van der Waals surface area contributed by atoms with Gasteiger partial charge in [-0.1, -0.05) is 41.9 Å². The van der Waals surface area contributed by atoms with Crippen LogP contribution in [0.2, 0.25) is 5.02 Å². The van der Waals surface area contributed by atoms with Gasteiger partial charge in [-0.15, -0.1) is 0 Å². The Labute approximate surface area is 125 Å². The Morgan fingerprint density at radius 2 is 1.71 bits per heavy atom. The van der Waals surface area contributed by atoms with Crippen LogP contribution in [0.1, 0.15) is 5.69 Å². The molecule has 5 heteroatoms. The first-order chi connectivity index (χ1) is 10.2. The van der Waals surface area contributed by atoms with Crippen LogP contribution in [0.3, 0.4) is 0 Å². The fourth-order valence-corrected chi connectivity index (χ4v) is 2.35. The Morgan fingerprint density at radius 3 is 2.33 bits per heavy atom. The summed E-state index contributed by atoms with van der Waals surface area (Å²) in [6, 6.07) is 17.2. The van der Waals surface area contributed by atoms with Gasteiger partial charge in [-0.3, -0.25) is 0 Å². The lowest BCUT2D eigenvalue weighted by Crippen LogP contribution is -1.99. The number of nitrogens with zero attached hydrogens (tertiary/aromatic N) is 3. The zero-order valence-corrected chi connectivity index (χ0v) is 11.5. The predicted molar refractivity (Wildman–Crippen MR) is 78.7 cm³/mol. The number of benzene rings is 2. The molecule has 0 spiro atoms. The molecule has 0 fully saturated rings. The van der Waals surface area contributed by atoms with Gasteiger partial charge in [-0.2, -0.15) is 10.4 Å². The predicted octanol–water partition coefficient (Wildman–Crippen LogP) is 4.20. The summed E-state index contributed by atoms with van der Waals surface area (Å²) in [5.41, 5.74) is 2.22. The molecule has 0 aliphatic heterocycles. The fraction of sp³-hybridized carbons (Fsp3) is 0. The molecule has 0 radical (unpaired) electrons. The maximum atomic E-state index is 13.1. The molecular formula is C16H9ClFN3. The highest BCUT2D eigenvalue weighted by Crippen LogP contribution is 2.32. The van der Waals surface area contributed by atoms with Crippen LogP contribution in [0, 0.1) is 17.1 Å². The molecule has 102 valence electrons. The molecule has 0 unspecified atom stereocenters. The van der Waals surface area contributed by atoms with Gasteiger partial charge in [0.15, 0.2) is 5.69 Å². The number of aromatic nitrogens is 2. The van der Waals surface area contributed by atoms with Gasteiger partial charge < -0.3 is 0 Å². The van der Waals surface area contributed by atoms with Gasteiger partial charge in [-0.25, -0.2) is 9.07 Å². The summed E-state index contributed by atoms with van der Waals surface area (Å²) >= 11 is 6.27. The van der Waals surface area contributed by atoms with Gasteiger partial charge in [0.2, 0.25) is 0 Å². The van der Waals surface area contributed by atoms with Crippen LogP contribution in [0.4, 0.5) is 4.39 Å². The summed E-state index contributed by atoms with van der Waals surface area (Å²) in [4.78, 5) is 0. The third-order valence-corrected chi connectivity index (χ3v) is 3.41. The Bertz CT molecular complexity index is 817. The molecule has 0 bridgehead atoms. The first-order valence-corrected chi connectivity index (χ1v) is 6.58. The molecule has 2 aromatic carbocycles. The zero-order chi connectivity index (χ0) is 14.8. The smallest absolute Gasteiger partial charge is 0.182 e. The van der Waals surface area contributed by atoms with Crippen molar-refractivity contribution in [3.63, 3.8) is 0 Å². The van der Waals surface area contributed by atoms with Crippen LogP contribution >= 0.6 is 11.6 Å². The Hall–Kier alpha value is -2.64. The molecule has 0 N–H and O–H groups in total. The SMILES string of the molecule is N#Cc1nn(-c2ccc(F)cc2)c(-c2ccccc2)c1Cl. The Balaban J connectivity index is 2.26. The van der Waals surface area contributed by atoms with Crippen molar-refractivity contribution in [1.29, 1.82) is 5.26 Å². The standard InChI is InChI=1S/C16H9ClFN3/c17-15-14(10-19)20-21(13-8-6-12(18)7-9-13)16(15)11-4-2-1-3-5-11/h1-9H. The largest absolute Gasteiger partial charge is 0.230 e. The minimum atomic E-state index is -0.334. The molecule has 0 saturated carbocycles. The lowest BCUT2D eigenvalue weighted by atomic mass is 10.1. The lowest BCUT2D eigenvalue weighted by Gasteiger charge is -2.08. The topological polar surface area (TPSA) is 41.6 Å². The van der Waals surface area contributed by atoms with Gasteiger partial charge in [-0.05, 0) is 24.3 Å². The maximum absolute atomic E-state index is 13.1. The van der Waals surface area contributed by atoms with Crippen molar-refractivity contribution in [2.24, 2.45) is 0 Å². The first-order valence-electron chi connectivity index (χ1n) is 6.20. The van der Waals surface area contributed by atoms with E-state index in [0.29, 0.717) is 11.4 Å². The van der Waals surface area contributed by atoms with Crippen LogP contribution in [-0.2, 0) is 0 Å². The summed E-state index contributed by atoms with van der Waals surface area (Å²) in [5.74, 6) is -0.334. The van der Waals surface area contributed by atoms with Crippen LogP contribution in [0.15, 0.2) is 54.6 Å². The molecule has 0 amide bonds. The van der Waals surface area contributed by atoms with E-state index in [9.17, 15) is 4.39 Å². The van der Waals surface area contributed by atoms with Crippen molar-refractivity contribution in [2.45, 2.75) is 0 Å². The molecule has 0 aliphatic rings. The van der Waals surface area contributed by atoms with Crippen molar-refractivity contribution in [2.75, 3.05) is 0 Å². The molecule has 0 saturated heterocycles. The highest BCUT2D eigenvalue weighted by atomic mass is 35.5. The van der Waals surface area contributed by atoms with Crippen LogP contribution in [0.25, 0.3) is 16.9 Å². The third kappa shape index (κ3) is 2.39. The minimum absolute atomic E-state index is 0.139. The van der Waals surface area contributed by atoms with Gasteiger partial charge in [0.1, 0.15) is 16.9 Å². The number of hydrogen-bond donors (Lipinski definition) is 0. The summed E-state index contributed by atoms with van der Waals surface area (Å²) in [7, 11) is 0. The molecule has 3 rings (SSSR count). The van der Waals surface area contributed by atoms with E-state index in [1.165, 1.54) is 12.1 Å². The van der Waals surface area contributed by atoms with E-state index in [4.69, 9.17) is 16.9 Å². The number of hydrogen-bond acceptors (Lipinski definition) is 2. The summed E-state index contributed by atoms with van der Waals surface area (Å²) in [6.07, 6.45) is 0. The molecule has 0 atom stereocenters. The van der Waals surface area contributed by atoms with Crippen LogP contribution in [0.5, 0.6) is 0 Å².